The maximum atomic E-state index is 6.69. The molecule has 0 aliphatic rings. The maximum absolute atomic E-state index is 6.69. The van der Waals surface area contributed by atoms with Gasteiger partial charge in [-0.1, -0.05) is 90.1 Å². The summed E-state index contributed by atoms with van der Waals surface area (Å²) in [4.78, 5) is 9.96. The van der Waals surface area contributed by atoms with E-state index in [-0.39, 0.29) is 10.8 Å². The van der Waals surface area contributed by atoms with Crippen molar-refractivity contribution in [3.8, 4) is 17.3 Å². The Hall–Kier alpha value is -5.68. The number of aromatic nitrogens is 4. The van der Waals surface area contributed by atoms with Crippen molar-refractivity contribution in [1.29, 1.82) is 0 Å². The van der Waals surface area contributed by atoms with Gasteiger partial charge in [-0.15, -0.1) is 0 Å². The van der Waals surface area contributed by atoms with Crippen LogP contribution in [0.1, 0.15) is 52.7 Å². The van der Waals surface area contributed by atoms with Crippen LogP contribution in [0, 0.1) is 0 Å². The number of hydrogen-bond acceptors (Lipinski definition) is 3. The van der Waals surface area contributed by atoms with Crippen LogP contribution in [0.3, 0.4) is 0 Å². The summed E-state index contributed by atoms with van der Waals surface area (Å²) in [5.74, 6) is 2.41. The van der Waals surface area contributed by atoms with E-state index in [1.165, 1.54) is 32.8 Å². The average molecular weight is 639 g/mol. The van der Waals surface area contributed by atoms with E-state index in [4.69, 9.17) is 14.7 Å². The van der Waals surface area contributed by atoms with Crippen molar-refractivity contribution >= 4 is 60.2 Å². The molecule has 0 bridgehead atoms. The van der Waals surface area contributed by atoms with Crippen molar-refractivity contribution in [3.05, 3.63) is 133 Å². The number of hydrogen-bond donors (Lipinski definition) is 0. The Morgan fingerprint density at radius 3 is 1.98 bits per heavy atom. The number of fused-ring (bicyclic) bond motifs is 11. The Bertz CT molecular complexity index is 2760. The summed E-state index contributed by atoms with van der Waals surface area (Å²) in [6.45, 7) is 13.9. The number of rotatable bonds is 3. The van der Waals surface area contributed by atoms with Gasteiger partial charge in [-0.05, 0) is 88.0 Å². The van der Waals surface area contributed by atoms with E-state index in [1.807, 2.05) is 24.4 Å². The summed E-state index contributed by atoms with van der Waals surface area (Å²) in [5, 5.41) is 5.80. The number of benzene rings is 5. The fourth-order valence-electron chi connectivity index (χ4n) is 7.75. The summed E-state index contributed by atoms with van der Waals surface area (Å²) >= 11 is 0. The van der Waals surface area contributed by atoms with Crippen molar-refractivity contribution in [2.45, 2.75) is 52.4 Å². The van der Waals surface area contributed by atoms with Crippen LogP contribution in [0.2, 0.25) is 0 Å². The van der Waals surface area contributed by atoms with Gasteiger partial charge in [0.05, 0.1) is 27.6 Å². The Morgan fingerprint density at radius 1 is 0.551 bits per heavy atom. The van der Waals surface area contributed by atoms with E-state index in [9.17, 15) is 0 Å². The highest BCUT2D eigenvalue weighted by molar-refractivity contribution is 6.15. The molecule has 0 unspecified atom stereocenters. The molecule has 9 rings (SSSR count). The molecule has 0 aliphatic heterocycles. The lowest BCUT2D eigenvalue weighted by atomic mass is 9.74. The molecule has 0 atom stereocenters. The van der Waals surface area contributed by atoms with Gasteiger partial charge < -0.3 is 4.74 Å². The van der Waals surface area contributed by atoms with Gasteiger partial charge in [-0.25, -0.2) is 9.97 Å². The standard InChI is InChI=1S/C44H38N4O/c1-43(2,3)34-23-22-32-29-20-18-27(25-33(29)42-46-35-14-8-10-16-37(35)48(42)41(32)40(34)44(4,5)6)49-28-19-21-31-30-13-7-9-15-36(30)47(38(31)26-28)39-17-11-12-24-45-39/h7-26H,1-6H3. The fraction of sp³-hybridized carbons (Fsp3) is 0.182. The molecule has 0 spiro atoms. The lowest BCUT2D eigenvalue weighted by Crippen LogP contribution is -2.23. The summed E-state index contributed by atoms with van der Waals surface area (Å²) in [7, 11) is 0. The number of pyridine rings is 2. The molecule has 5 aromatic carbocycles. The number of nitrogens with zero attached hydrogens (tertiary/aromatic N) is 4. The van der Waals surface area contributed by atoms with Gasteiger partial charge >= 0.3 is 0 Å². The first kappa shape index (κ1) is 29.5. The topological polar surface area (TPSA) is 44.3 Å². The zero-order chi connectivity index (χ0) is 33.7. The number of ether oxygens (including phenoxy) is 1. The van der Waals surface area contributed by atoms with Crippen LogP contribution < -0.4 is 4.74 Å². The SMILES string of the molecule is CC(C)(C)c1ccc2c3ccc(Oc4ccc5c6ccccc6n(-c6ccccn6)c5c4)cc3c3nc4ccccc4n3c2c1C(C)(C)C. The van der Waals surface area contributed by atoms with Crippen LogP contribution in [-0.4, -0.2) is 18.9 Å². The first-order valence-corrected chi connectivity index (χ1v) is 17.0. The molecule has 240 valence electrons. The second kappa shape index (κ2) is 10.4. The minimum Gasteiger partial charge on any atom is -0.457 e. The van der Waals surface area contributed by atoms with Crippen LogP contribution in [0.15, 0.2) is 121 Å². The second-order valence-electron chi connectivity index (χ2n) is 15.2. The molecule has 0 amide bonds. The number of para-hydroxylation sites is 3. The van der Waals surface area contributed by atoms with E-state index in [2.05, 4.69) is 148 Å². The van der Waals surface area contributed by atoms with Crippen molar-refractivity contribution in [1.82, 2.24) is 18.9 Å². The Morgan fingerprint density at radius 2 is 1.22 bits per heavy atom. The second-order valence-corrected chi connectivity index (χ2v) is 15.2. The summed E-state index contributed by atoms with van der Waals surface area (Å²) in [5.41, 5.74) is 9.06. The minimum atomic E-state index is -0.0897. The molecular weight excluding hydrogens is 601 g/mol. The molecule has 0 aliphatic carbocycles. The maximum Gasteiger partial charge on any atom is 0.146 e. The zero-order valence-corrected chi connectivity index (χ0v) is 28.7. The number of imidazole rings is 1. The normalized spacial score (nSPS) is 12.7. The summed E-state index contributed by atoms with van der Waals surface area (Å²) < 4.78 is 11.3. The van der Waals surface area contributed by atoms with Gasteiger partial charge in [-0.3, -0.25) is 8.97 Å². The molecule has 4 aromatic heterocycles. The lowest BCUT2D eigenvalue weighted by Gasteiger charge is -2.32. The van der Waals surface area contributed by atoms with E-state index in [0.717, 1.165) is 55.8 Å². The van der Waals surface area contributed by atoms with Crippen LogP contribution in [0.25, 0.3) is 66.0 Å². The van der Waals surface area contributed by atoms with Gasteiger partial charge in [0, 0.05) is 33.8 Å². The fourth-order valence-corrected chi connectivity index (χ4v) is 7.75. The average Bonchev–Trinajstić information content (AvgIpc) is 3.63. The third kappa shape index (κ3) is 4.52. The largest absolute Gasteiger partial charge is 0.457 e. The highest BCUT2D eigenvalue weighted by Crippen LogP contribution is 2.44. The molecule has 49 heavy (non-hydrogen) atoms. The van der Waals surface area contributed by atoms with Crippen molar-refractivity contribution < 1.29 is 4.74 Å². The van der Waals surface area contributed by atoms with E-state index in [0.29, 0.717) is 0 Å². The molecule has 0 radical (unpaired) electrons. The quantitative estimate of drug-likeness (QED) is 0.181. The van der Waals surface area contributed by atoms with Crippen LogP contribution >= 0.6 is 0 Å². The van der Waals surface area contributed by atoms with Crippen molar-refractivity contribution in [2.75, 3.05) is 0 Å². The van der Waals surface area contributed by atoms with Crippen LogP contribution in [-0.2, 0) is 10.8 Å². The van der Waals surface area contributed by atoms with E-state index in [1.54, 1.807) is 0 Å². The highest BCUT2D eigenvalue weighted by atomic mass is 16.5. The third-order valence-corrected chi connectivity index (χ3v) is 9.80. The Kier molecular flexibility index (Phi) is 6.26. The van der Waals surface area contributed by atoms with Crippen molar-refractivity contribution in [2.24, 2.45) is 0 Å². The molecule has 9 aromatic rings. The highest BCUT2D eigenvalue weighted by Gasteiger charge is 2.30. The molecular formula is C44H38N4O. The van der Waals surface area contributed by atoms with E-state index < -0.39 is 0 Å². The lowest BCUT2D eigenvalue weighted by molar-refractivity contribution is 0.484. The third-order valence-electron chi connectivity index (χ3n) is 9.80. The smallest absolute Gasteiger partial charge is 0.146 e. The Balaban J connectivity index is 1.28. The minimum absolute atomic E-state index is 0.0183. The molecule has 5 nitrogen and oxygen atoms in total. The van der Waals surface area contributed by atoms with Gasteiger partial charge in [0.25, 0.3) is 0 Å². The first-order valence-electron chi connectivity index (χ1n) is 17.0. The summed E-state index contributed by atoms with van der Waals surface area (Å²) in [6, 6.07) is 40.4. The predicted molar refractivity (Wildman–Crippen MR) is 204 cm³/mol. The van der Waals surface area contributed by atoms with Gasteiger partial charge in [-0.2, -0.15) is 0 Å². The van der Waals surface area contributed by atoms with Crippen LogP contribution in [0.5, 0.6) is 11.5 Å². The monoisotopic (exact) mass is 638 g/mol. The Labute approximate surface area is 285 Å². The first-order chi connectivity index (χ1) is 23.6. The van der Waals surface area contributed by atoms with Gasteiger partial charge in [0.15, 0.2) is 0 Å². The molecule has 0 fully saturated rings. The molecule has 0 saturated heterocycles. The molecule has 4 heterocycles. The van der Waals surface area contributed by atoms with Crippen molar-refractivity contribution in [3.63, 3.8) is 0 Å². The molecule has 5 heteroatoms. The molecule has 0 N–H and O–H groups in total. The van der Waals surface area contributed by atoms with Gasteiger partial charge in [0.2, 0.25) is 0 Å². The molecule has 0 saturated carbocycles. The van der Waals surface area contributed by atoms with Crippen LogP contribution in [0.4, 0.5) is 0 Å². The zero-order valence-electron chi connectivity index (χ0n) is 28.7. The summed E-state index contributed by atoms with van der Waals surface area (Å²) in [6.07, 6.45) is 1.84. The van der Waals surface area contributed by atoms with E-state index >= 15 is 0 Å². The predicted octanol–water partition coefficient (Wildman–Crippen LogP) is 11.7. The van der Waals surface area contributed by atoms with Gasteiger partial charge in [0.1, 0.15) is 23.0 Å².